The monoisotopic (exact) mass is 355 g/mol. The Hall–Kier alpha value is -2.89. The van der Waals surface area contributed by atoms with E-state index in [1.165, 1.54) is 6.08 Å². The van der Waals surface area contributed by atoms with Crippen molar-refractivity contribution in [3.05, 3.63) is 53.4 Å². The van der Waals surface area contributed by atoms with Crippen molar-refractivity contribution in [3.63, 3.8) is 0 Å². The zero-order chi connectivity index (χ0) is 19.3. The Morgan fingerprint density at radius 2 is 1.92 bits per heavy atom. The van der Waals surface area contributed by atoms with Gasteiger partial charge in [-0.25, -0.2) is 4.79 Å². The van der Waals surface area contributed by atoms with Crippen molar-refractivity contribution in [1.82, 2.24) is 9.78 Å². The van der Waals surface area contributed by atoms with Crippen LogP contribution in [0.3, 0.4) is 0 Å². The summed E-state index contributed by atoms with van der Waals surface area (Å²) in [6.45, 7) is 7.77. The highest BCUT2D eigenvalue weighted by molar-refractivity contribution is 5.98. The lowest BCUT2D eigenvalue weighted by Gasteiger charge is -2.24. The number of rotatable bonds is 6. The molecule has 0 unspecified atom stereocenters. The number of amides is 1. The van der Waals surface area contributed by atoms with Crippen LogP contribution in [-0.4, -0.2) is 34.3 Å². The number of anilines is 1. The van der Waals surface area contributed by atoms with Gasteiger partial charge in [0, 0.05) is 36.6 Å². The van der Waals surface area contributed by atoms with Crippen molar-refractivity contribution in [3.8, 4) is 0 Å². The molecule has 0 bridgehead atoms. The SMILES string of the molecule is CCN(C(=O)[C@H](C)OC(=O)/C=C/c1c(C)nn(C)c1C)c1ccccc1. The number of esters is 1. The zero-order valence-electron chi connectivity index (χ0n) is 15.9. The second-order valence-corrected chi connectivity index (χ2v) is 6.04. The van der Waals surface area contributed by atoms with Crippen molar-refractivity contribution >= 4 is 23.6 Å². The first-order valence-electron chi connectivity index (χ1n) is 8.60. The van der Waals surface area contributed by atoms with Crippen LogP contribution in [0.5, 0.6) is 0 Å². The molecule has 138 valence electrons. The number of hydrogen-bond acceptors (Lipinski definition) is 4. The summed E-state index contributed by atoms with van der Waals surface area (Å²) in [4.78, 5) is 26.3. The van der Waals surface area contributed by atoms with Crippen molar-refractivity contribution in [2.45, 2.75) is 33.8 Å². The van der Waals surface area contributed by atoms with E-state index in [-0.39, 0.29) is 5.91 Å². The summed E-state index contributed by atoms with van der Waals surface area (Å²) < 4.78 is 7.04. The third-order valence-corrected chi connectivity index (χ3v) is 4.24. The molecule has 0 spiro atoms. The predicted molar refractivity (Wildman–Crippen MR) is 102 cm³/mol. The minimum atomic E-state index is -0.872. The summed E-state index contributed by atoms with van der Waals surface area (Å²) in [6.07, 6.45) is 2.13. The summed E-state index contributed by atoms with van der Waals surface area (Å²) in [5, 5.41) is 4.30. The molecule has 6 nitrogen and oxygen atoms in total. The van der Waals surface area contributed by atoms with Gasteiger partial charge in [0.25, 0.3) is 5.91 Å². The van der Waals surface area contributed by atoms with E-state index in [9.17, 15) is 9.59 Å². The average Bonchev–Trinajstić information content (AvgIpc) is 2.86. The summed E-state index contributed by atoms with van der Waals surface area (Å²) in [5.41, 5.74) is 3.44. The topological polar surface area (TPSA) is 64.4 Å². The Bertz CT molecular complexity index is 809. The minimum Gasteiger partial charge on any atom is -0.449 e. The molecule has 0 aliphatic heterocycles. The van der Waals surface area contributed by atoms with Gasteiger partial charge in [0.2, 0.25) is 0 Å². The molecule has 0 aliphatic rings. The summed E-state index contributed by atoms with van der Waals surface area (Å²) in [7, 11) is 1.85. The molecule has 1 amide bonds. The number of hydrogen-bond donors (Lipinski definition) is 0. The van der Waals surface area contributed by atoms with E-state index >= 15 is 0 Å². The van der Waals surface area contributed by atoms with Gasteiger partial charge in [0.1, 0.15) is 0 Å². The third-order valence-electron chi connectivity index (χ3n) is 4.24. The molecule has 1 aromatic carbocycles. The molecule has 26 heavy (non-hydrogen) atoms. The van der Waals surface area contributed by atoms with Crippen molar-refractivity contribution in [2.75, 3.05) is 11.4 Å². The Labute approximate surface area is 154 Å². The molecule has 2 aromatic rings. The number of nitrogens with zero attached hydrogens (tertiary/aromatic N) is 3. The summed E-state index contributed by atoms with van der Waals surface area (Å²) in [5.74, 6) is -0.813. The number of aryl methyl sites for hydroxylation is 2. The number of para-hydroxylation sites is 1. The Morgan fingerprint density at radius 1 is 1.27 bits per heavy atom. The van der Waals surface area contributed by atoms with Gasteiger partial charge in [-0.15, -0.1) is 0 Å². The summed E-state index contributed by atoms with van der Waals surface area (Å²) in [6, 6.07) is 9.32. The van der Waals surface area contributed by atoms with Crippen molar-refractivity contribution in [2.24, 2.45) is 7.05 Å². The van der Waals surface area contributed by atoms with Crippen molar-refractivity contribution in [1.29, 1.82) is 0 Å². The molecule has 6 heteroatoms. The molecule has 1 atom stereocenters. The lowest BCUT2D eigenvalue weighted by atomic mass is 10.2. The number of carbonyl (C=O) groups is 2. The van der Waals surface area contributed by atoms with E-state index in [0.29, 0.717) is 6.54 Å². The van der Waals surface area contributed by atoms with E-state index in [1.54, 1.807) is 22.6 Å². The van der Waals surface area contributed by atoms with Gasteiger partial charge in [-0.05, 0) is 45.9 Å². The molecule has 0 N–H and O–H groups in total. The lowest BCUT2D eigenvalue weighted by Crippen LogP contribution is -2.39. The van der Waals surface area contributed by atoms with Crippen LogP contribution < -0.4 is 4.90 Å². The normalized spacial score (nSPS) is 12.2. The Kier molecular flexibility index (Phi) is 6.33. The maximum Gasteiger partial charge on any atom is 0.331 e. The van der Waals surface area contributed by atoms with E-state index < -0.39 is 12.1 Å². The van der Waals surface area contributed by atoms with E-state index in [0.717, 1.165) is 22.6 Å². The van der Waals surface area contributed by atoms with E-state index in [1.807, 2.05) is 58.2 Å². The number of ether oxygens (including phenoxy) is 1. The van der Waals surface area contributed by atoms with Crippen LogP contribution in [0.4, 0.5) is 5.69 Å². The van der Waals surface area contributed by atoms with Crippen LogP contribution in [0.2, 0.25) is 0 Å². The number of benzene rings is 1. The van der Waals surface area contributed by atoms with Crippen LogP contribution in [0.15, 0.2) is 36.4 Å². The third kappa shape index (κ3) is 4.39. The highest BCUT2D eigenvalue weighted by atomic mass is 16.5. The molecule has 0 aliphatic carbocycles. The maximum atomic E-state index is 12.6. The van der Waals surface area contributed by atoms with Gasteiger partial charge in [0.05, 0.1) is 5.69 Å². The Morgan fingerprint density at radius 3 is 2.46 bits per heavy atom. The van der Waals surface area contributed by atoms with Gasteiger partial charge < -0.3 is 9.64 Å². The van der Waals surface area contributed by atoms with E-state index in [2.05, 4.69) is 5.10 Å². The van der Waals surface area contributed by atoms with Gasteiger partial charge >= 0.3 is 5.97 Å². The van der Waals surface area contributed by atoms with E-state index in [4.69, 9.17) is 4.74 Å². The van der Waals surface area contributed by atoms with Gasteiger partial charge in [-0.1, -0.05) is 18.2 Å². The molecule has 0 saturated heterocycles. The first-order valence-corrected chi connectivity index (χ1v) is 8.60. The second kappa shape index (κ2) is 8.47. The number of carbonyl (C=O) groups excluding carboxylic acids is 2. The quantitative estimate of drug-likeness (QED) is 0.590. The minimum absolute atomic E-state index is 0.255. The molecule has 1 heterocycles. The molecular weight excluding hydrogens is 330 g/mol. The van der Waals surface area contributed by atoms with Crippen LogP contribution >= 0.6 is 0 Å². The van der Waals surface area contributed by atoms with Crippen LogP contribution in [0.1, 0.15) is 30.8 Å². The van der Waals surface area contributed by atoms with Crippen molar-refractivity contribution < 1.29 is 14.3 Å². The fourth-order valence-corrected chi connectivity index (χ4v) is 2.74. The van der Waals surface area contributed by atoms with Crippen LogP contribution in [0.25, 0.3) is 6.08 Å². The standard InChI is InChI=1S/C20H25N3O3/c1-6-23(17-10-8-7-9-11-17)20(25)16(4)26-19(24)13-12-18-14(2)21-22(5)15(18)3/h7-13,16H,6H2,1-5H3/b13-12+/t16-/m0/s1. The lowest BCUT2D eigenvalue weighted by molar-refractivity contribution is -0.149. The van der Waals surface area contributed by atoms with Gasteiger partial charge in [-0.3, -0.25) is 9.48 Å². The fraction of sp³-hybridized carbons (Fsp3) is 0.350. The highest BCUT2D eigenvalue weighted by Gasteiger charge is 2.23. The highest BCUT2D eigenvalue weighted by Crippen LogP contribution is 2.16. The number of likely N-dealkylation sites (N-methyl/N-ethyl adjacent to an activating group) is 1. The van der Waals surface area contributed by atoms with Gasteiger partial charge in [-0.2, -0.15) is 5.10 Å². The molecule has 1 aromatic heterocycles. The first-order chi connectivity index (χ1) is 12.3. The molecule has 0 saturated carbocycles. The Balaban J connectivity index is 2.04. The first kappa shape index (κ1) is 19.4. The maximum absolute atomic E-state index is 12.6. The van der Waals surface area contributed by atoms with Crippen LogP contribution in [0, 0.1) is 13.8 Å². The van der Waals surface area contributed by atoms with Crippen LogP contribution in [-0.2, 0) is 21.4 Å². The molecule has 2 rings (SSSR count). The zero-order valence-corrected chi connectivity index (χ0v) is 15.9. The average molecular weight is 355 g/mol. The molecule has 0 radical (unpaired) electrons. The molecular formula is C20H25N3O3. The smallest absolute Gasteiger partial charge is 0.331 e. The molecule has 0 fully saturated rings. The largest absolute Gasteiger partial charge is 0.449 e. The predicted octanol–water partition coefficient (Wildman–Crippen LogP) is 3.03. The van der Waals surface area contributed by atoms with Gasteiger partial charge in [0.15, 0.2) is 6.10 Å². The second-order valence-electron chi connectivity index (χ2n) is 6.04. The number of aromatic nitrogens is 2. The fourth-order valence-electron chi connectivity index (χ4n) is 2.74. The summed E-state index contributed by atoms with van der Waals surface area (Å²) >= 11 is 0.